The molecule has 5 nitrogen and oxygen atoms in total. The fraction of sp³-hybridized carbons (Fsp3) is 0.0588. The molecule has 0 saturated carbocycles. The SMILES string of the molecule is CC(=O)Nc1ccc(F)c(NC(=O)c2cc3ccc(Br)cc3[nH]2)c1. The zero-order valence-electron chi connectivity index (χ0n) is 12.6. The van der Waals surface area contributed by atoms with Crippen molar-refractivity contribution >= 4 is 50.0 Å². The van der Waals surface area contributed by atoms with E-state index in [0.717, 1.165) is 15.4 Å². The molecule has 2 amide bonds. The first-order valence-electron chi connectivity index (χ1n) is 7.09. The number of benzene rings is 2. The molecule has 3 N–H and O–H groups in total. The highest BCUT2D eigenvalue weighted by molar-refractivity contribution is 9.10. The number of aromatic amines is 1. The predicted molar refractivity (Wildman–Crippen MR) is 94.7 cm³/mol. The Hall–Kier alpha value is -2.67. The fourth-order valence-corrected chi connectivity index (χ4v) is 2.67. The van der Waals surface area contributed by atoms with Crippen molar-refractivity contribution < 1.29 is 14.0 Å². The zero-order chi connectivity index (χ0) is 17.3. The van der Waals surface area contributed by atoms with E-state index >= 15 is 0 Å². The normalized spacial score (nSPS) is 10.6. The Labute approximate surface area is 145 Å². The molecule has 0 aliphatic rings. The van der Waals surface area contributed by atoms with Gasteiger partial charge in [0.2, 0.25) is 5.91 Å². The Morgan fingerprint density at radius 3 is 2.62 bits per heavy atom. The highest BCUT2D eigenvalue weighted by Gasteiger charge is 2.13. The summed E-state index contributed by atoms with van der Waals surface area (Å²) in [6.45, 7) is 1.35. The Kier molecular flexibility index (Phi) is 4.35. The van der Waals surface area contributed by atoms with Crippen molar-refractivity contribution in [2.45, 2.75) is 6.92 Å². The van der Waals surface area contributed by atoms with Gasteiger partial charge in [0.05, 0.1) is 5.69 Å². The number of rotatable bonds is 3. The van der Waals surface area contributed by atoms with E-state index in [4.69, 9.17) is 0 Å². The maximum absolute atomic E-state index is 13.9. The quantitative estimate of drug-likeness (QED) is 0.625. The van der Waals surface area contributed by atoms with Crippen LogP contribution in [-0.2, 0) is 4.79 Å². The molecule has 0 fully saturated rings. The van der Waals surface area contributed by atoms with Crippen LogP contribution in [0.25, 0.3) is 10.9 Å². The van der Waals surface area contributed by atoms with Gasteiger partial charge in [-0.15, -0.1) is 0 Å². The Morgan fingerprint density at radius 1 is 1.08 bits per heavy atom. The van der Waals surface area contributed by atoms with Crippen LogP contribution in [-0.4, -0.2) is 16.8 Å². The first-order valence-corrected chi connectivity index (χ1v) is 7.88. The van der Waals surface area contributed by atoms with E-state index in [2.05, 4.69) is 31.5 Å². The largest absolute Gasteiger partial charge is 0.350 e. The second-order valence-electron chi connectivity index (χ2n) is 5.24. The average Bonchev–Trinajstić information content (AvgIpc) is 2.93. The number of amides is 2. The number of hydrogen-bond acceptors (Lipinski definition) is 2. The number of H-pyrrole nitrogens is 1. The fourth-order valence-electron chi connectivity index (χ4n) is 2.31. The molecule has 3 aromatic rings. The Morgan fingerprint density at radius 2 is 1.88 bits per heavy atom. The third-order valence-corrected chi connectivity index (χ3v) is 3.86. The summed E-state index contributed by atoms with van der Waals surface area (Å²) >= 11 is 3.36. The van der Waals surface area contributed by atoms with E-state index in [0.29, 0.717) is 11.4 Å². The molecule has 2 aromatic carbocycles. The molecule has 0 bridgehead atoms. The molecule has 7 heteroatoms. The molecule has 0 radical (unpaired) electrons. The summed E-state index contributed by atoms with van der Waals surface area (Å²) in [6.07, 6.45) is 0. The standard InChI is InChI=1S/C17H13BrFN3O2/c1-9(23)20-12-4-5-13(19)15(8-12)22-17(24)16-6-10-2-3-11(18)7-14(10)21-16/h2-8,21H,1H3,(H,20,23)(H,22,24). The van der Waals surface area contributed by atoms with Crippen molar-refractivity contribution in [3.63, 3.8) is 0 Å². The molecule has 24 heavy (non-hydrogen) atoms. The third-order valence-electron chi connectivity index (χ3n) is 3.36. The second-order valence-corrected chi connectivity index (χ2v) is 6.16. The lowest BCUT2D eigenvalue weighted by Gasteiger charge is -2.08. The van der Waals surface area contributed by atoms with Crippen LogP contribution in [0.15, 0.2) is 46.9 Å². The maximum atomic E-state index is 13.9. The number of aromatic nitrogens is 1. The van der Waals surface area contributed by atoms with Crippen molar-refractivity contribution in [3.05, 3.63) is 58.4 Å². The summed E-state index contributed by atoms with van der Waals surface area (Å²) < 4.78 is 14.8. The number of anilines is 2. The van der Waals surface area contributed by atoms with Gasteiger partial charge in [0.15, 0.2) is 0 Å². The van der Waals surface area contributed by atoms with E-state index in [-0.39, 0.29) is 11.6 Å². The van der Waals surface area contributed by atoms with Gasteiger partial charge in [0, 0.05) is 28.0 Å². The van der Waals surface area contributed by atoms with Gasteiger partial charge in [-0.3, -0.25) is 9.59 Å². The lowest BCUT2D eigenvalue weighted by Crippen LogP contribution is -2.14. The summed E-state index contributed by atoms with van der Waals surface area (Å²) in [5.41, 5.74) is 1.50. The molecule has 1 heterocycles. The van der Waals surface area contributed by atoms with Crippen molar-refractivity contribution in [3.8, 4) is 0 Å². The Bertz CT molecular complexity index is 952. The van der Waals surface area contributed by atoms with Crippen LogP contribution >= 0.6 is 15.9 Å². The van der Waals surface area contributed by atoms with Crippen LogP contribution in [0, 0.1) is 5.82 Å². The van der Waals surface area contributed by atoms with Crippen molar-refractivity contribution in [2.24, 2.45) is 0 Å². The van der Waals surface area contributed by atoms with E-state index in [9.17, 15) is 14.0 Å². The number of halogens is 2. The lowest BCUT2D eigenvalue weighted by molar-refractivity contribution is -0.114. The predicted octanol–water partition coefficient (Wildman–Crippen LogP) is 4.28. The van der Waals surface area contributed by atoms with Gasteiger partial charge < -0.3 is 15.6 Å². The number of hydrogen-bond donors (Lipinski definition) is 3. The molecule has 3 rings (SSSR count). The van der Waals surface area contributed by atoms with Crippen molar-refractivity contribution in [1.29, 1.82) is 0 Å². The highest BCUT2D eigenvalue weighted by Crippen LogP contribution is 2.23. The molecule has 0 atom stereocenters. The highest BCUT2D eigenvalue weighted by atomic mass is 79.9. The second kappa shape index (κ2) is 6.45. The molecular weight excluding hydrogens is 377 g/mol. The summed E-state index contributed by atoms with van der Waals surface area (Å²) in [5.74, 6) is -1.34. The minimum Gasteiger partial charge on any atom is -0.350 e. The molecule has 1 aromatic heterocycles. The van der Waals surface area contributed by atoms with Crippen LogP contribution in [0.2, 0.25) is 0 Å². The van der Waals surface area contributed by atoms with Crippen LogP contribution in [0.5, 0.6) is 0 Å². The molecular formula is C17H13BrFN3O2. The number of nitrogens with one attached hydrogen (secondary N) is 3. The summed E-state index contributed by atoms with van der Waals surface area (Å²) in [7, 11) is 0. The molecule has 0 spiro atoms. The van der Waals surface area contributed by atoms with E-state index in [1.807, 2.05) is 18.2 Å². The smallest absolute Gasteiger partial charge is 0.272 e. The zero-order valence-corrected chi connectivity index (χ0v) is 14.2. The van der Waals surface area contributed by atoms with Gasteiger partial charge in [-0.2, -0.15) is 0 Å². The third kappa shape index (κ3) is 3.46. The van der Waals surface area contributed by atoms with Crippen molar-refractivity contribution in [2.75, 3.05) is 10.6 Å². The molecule has 0 aliphatic heterocycles. The van der Waals surface area contributed by atoms with Gasteiger partial charge in [-0.05, 0) is 36.4 Å². The first kappa shape index (κ1) is 16.2. The van der Waals surface area contributed by atoms with Gasteiger partial charge in [-0.25, -0.2) is 4.39 Å². The van der Waals surface area contributed by atoms with Gasteiger partial charge in [-0.1, -0.05) is 22.0 Å². The topological polar surface area (TPSA) is 74.0 Å². The van der Waals surface area contributed by atoms with Gasteiger partial charge in [0.1, 0.15) is 11.5 Å². The van der Waals surface area contributed by atoms with Crippen LogP contribution in [0.1, 0.15) is 17.4 Å². The summed E-state index contributed by atoms with van der Waals surface area (Å²) in [5, 5.41) is 5.92. The maximum Gasteiger partial charge on any atom is 0.272 e. The summed E-state index contributed by atoms with van der Waals surface area (Å²) in [4.78, 5) is 26.4. The van der Waals surface area contributed by atoms with Gasteiger partial charge in [0.25, 0.3) is 5.91 Å². The van der Waals surface area contributed by atoms with Crippen LogP contribution < -0.4 is 10.6 Å². The number of fused-ring (bicyclic) bond motifs is 1. The molecule has 0 saturated heterocycles. The average molecular weight is 390 g/mol. The van der Waals surface area contributed by atoms with Crippen molar-refractivity contribution in [1.82, 2.24) is 4.98 Å². The number of carbonyl (C=O) groups is 2. The van der Waals surface area contributed by atoms with Crippen LogP contribution in [0.3, 0.4) is 0 Å². The molecule has 0 unspecified atom stereocenters. The van der Waals surface area contributed by atoms with E-state index < -0.39 is 11.7 Å². The van der Waals surface area contributed by atoms with Crippen LogP contribution in [0.4, 0.5) is 15.8 Å². The number of carbonyl (C=O) groups excluding carboxylic acids is 2. The monoisotopic (exact) mass is 389 g/mol. The molecule has 122 valence electrons. The van der Waals surface area contributed by atoms with Gasteiger partial charge >= 0.3 is 0 Å². The van der Waals surface area contributed by atoms with E-state index in [1.54, 1.807) is 6.07 Å². The minimum atomic E-state index is -0.587. The summed E-state index contributed by atoms with van der Waals surface area (Å²) in [6, 6.07) is 11.2. The lowest BCUT2D eigenvalue weighted by atomic mass is 10.2. The minimum absolute atomic E-state index is 0.00825. The Balaban J connectivity index is 1.86. The molecule has 0 aliphatic carbocycles. The van der Waals surface area contributed by atoms with E-state index in [1.165, 1.54) is 25.1 Å². The first-order chi connectivity index (χ1) is 11.4.